The molecular formula is C15H24FNO. The van der Waals surface area contributed by atoms with E-state index >= 15 is 0 Å². The summed E-state index contributed by atoms with van der Waals surface area (Å²) in [5.74, 6) is 0.586. The van der Waals surface area contributed by atoms with Crippen LogP contribution in [0.1, 0.15) is 38.2 Å². The summed E-state index contributed by atoms with van der Waals surface area (Å²) in [5.41, 5.74) is 0.861. The minimum absolute atomic E-state index is 0.207. The van der Waals surface area contributed by atoms with Crippen LogP contribution in [0.2, 0.25) is 0 Å². The van der Waals surface area contributed by atoms with E-state index in [9.17, 15) is 4.39 Å². The second-order valence-electron chi connectivity index (χ2n) is 4.57. The number of nitrogens with one attached hydrogen (secondary N) is 1. The van der Waals surface area contributed by atoms with E-state index in [2.05, 4.69) is 12.2 Å². The molecule has 0 saturated heterocycles. The van der Waals surface area contributed by atoms with E-state index in [1.165, 1.54) is 25.0 Å². The summed E-state index contributed by atoms with van der Waals surface area (Å²) >= 11 is 0. The molecule has 0 aliphatic rings. The number of ether oxygens (including phenoxy) is 1. The van der Waals surface area contributed by atoms with Gasteiger partial charge in [0, 0.05) is 0 Å². The third-order valence-corrected chi connectivity index (χ3v) is 2.82. The molecule has 0 unspecified atom stereocenters. The van der Waals surface area contributed by atoms with Crippen molar-refractivity contribution < 1.29 is 9.13 Å². The topological polar surface area (TPSA) is 21.3 Å². The maximum absolute atomic E-state index is 12.9. The van der Waals surface area contributed by atoms with Gasteiger partial charge in [-0.1, -0.05) is 6.92 Å². The highest BCUT2D eigenvalue weighted by Crippen LogP contribution is 2.18. The van der Waals surface area contributed by atoms with Crippen molar-refractivity contribution in [1.29, 1.82) is 0 Å². The molecule has 0 amide bonds. The predicted octanol–water partition coefficient (Wildman–Crippen LogP) is 3.68. The van der Waals surface area contributed by atoms with Gasteiger partial charge in [-0.15, -0.1) is 0 Å². The van der Waals surface area contributed by atoms with Crippen molar-refractivity contribution in [2.75, 3.05) is 19.7 Å². The van der Waals surface area contributed by atoms with Gasteiger partial charge in [0.25, 0.3) is 0 Å². The molecule has 1 rings (SSSR count). The summed E-state index contributed by atoms with van der Waals surface area (Å²) in [5, 5.41) is 3.38. The van der Waals surface area contributed by atoms with Crippen molar-refractivity contribution in [3.05, 3.63) is 29.6 Å². The number of hydrogen-bond donors (Lipinski definition) is 1. The lowest BCUT2D eigenvalue weighted by molar-refractivity contribution is 0.302. The summed E-state index contributed by atoms with van der Waals surface area (Å²) in [6.07, 6.45) is 4.58. The Bertz CT molecular complexity index is 341. The molecule has 0 aliphatic carbocycles. The normalized spacial score (nSPS) is 10.6. The van der Waals surface area contributed by atoms with Crippen LogP contribution in [0.3, 0.4) is 0 Å². The van der Waals surface area contributed by atoms with Crippen molar-refractivity contribution in [2.45, 2.75) is 39.5 Å². The fraction of sp³-hybridized carbons (Fsp3) is 0.600. The molecule has 0 spiro atoms. The maximum atomic E-state index is 12.9. The zero-order chi connectivity index (χ0) is 13.2. The standard InChI is InChI=1S/C15H24FNO/c1-3-9-17-10-5-4-6-11-18-15-8-7-14(16)12-13(15)2/h7-8,12,17H,3-6,9-11H2,1-2H3. The van der Waals surface area contributed by atoms with E-state index in [1.807, 2.05) is 6.92 Å². The summed E-state index contributed by atoms with van der Waals surface area (Å²) in [4.78, 5) is 0. The average molecular weight is 253 g/mol. The van der Waals surface area contributed by atoms with Gasteiger partial charge in [0.05, 0.1) is 6.61 Å². The zero-order valence-electron chi connectivity index (χ0n) is 11.5. The molecule has 0 fully saturated rings. The van der Waals surface area contributed by atoms with E-state index in [0.29, 0.717) is 6.61 Å². The smallest absolute Gasteiger partial charge is 0.123 e. The molecule has 0 saturated carbocycles. The van der Waals surface area contributed by atoms with Crippen molar-refractivity contribution in [3.8, 4) is 5.75 Å². The van der Waals surface area contributed by atoms with Crippen molar-refractivity contribution in [3.63, 3.8) is 0 Å². The molecule has 0 aliphatic heterocycles. The molecule has 0 radical (unpaired) electrons. The summed E-state index contributed by atoms with van der Waals surface area (Å²) in [6, 6.07) is 4.65. The van der Waals surface area contributed by atoms with Crippen LogP contribution in [0, 0.1) is 12.7 Å². The van der Waals surface area contributed by atoms with E-state index in [4.69, 9.17) is 4.74 Å². The van der Waals surface area contributed by atoms with Crippen LogP contribution in [-0.2, 0) is 0 Å². The predicted molar refractivity (Wildman–Crippen MR) is 73.6 cm³/mol. The second-order valence-corrected chi connectivity index (χ2v) is 4.57. The van der Waals surface area contributed by atoms with Crippen molar-refractivity contribution in [2.24, 2.45) is 0 Å². The van der Waals surface area contributed by atoms with Gasteiger partial charge in [-0.25, -0.2) is 4.39 Å². The fourth-order valence-corrected chi connectivity index (χ4v) is 1.79. The number of unbranched alkanes of at least 4 members (excludes halogenated alkanes) is 2. The fourth-order valence-electron chi connectivity index (χ4n) is 1.79. The van der Waals surface area contributed by atoms with Crippen molar-refractivity contribution in [1.82, 2.24) is 5.32 Å². The Labute approximate surface area is 110 Å². The summed E-state index contributed by atoms with van der Waals surface area (Å²) < 4.78 is 18.5. The molecular weight excluding hydrogens is 229 g/mol. The van der Waals surface area contributed by atoms with Crippen LogP contribution in [-0.4, -0.2) is 19.7 Å². The first-order chi connectivity index (χ1) is 8.74. The van der Waals surface area contributed by atoms with Gasteiger partial charge in [-0.3, -0.25) is 0 Å². The Balaban J connectivity index is 2.07. The van der Waals surface area contributed by atoms with Crippen LogP contribution in [0.4, 0.5) is 4.39 Å². The molecule has 2 nitrogen and oxygen atoms in total. The van der Waals surface area contributed by atoms with Crippen LogP contribution in [0.25, 0.3) is 0 Å². The van der Waals surface area contributed by atoms with Gasteiger partial charge < -0.3 is 10.1 Å². The Morgan fingerprint density at radius 2 is 2.00 bits per heavy atom. The highest BCUT2D eigenvalue weighted by Gasteiger charge is 2.00. The van der Waals surface area contributed by atoms with E-state index < -0.39 is 0 Å². The van der Waals surface area contributed by atoms with Gasteiger partial charge in [0.2, 0.25) is 0 Å². The molecule has 0 heterocycles. The molecule has 1 N–H and O–H groups in total. The number of benzene rings is 1. The zero-order valence-corrected chi connectivity index (χ0v) is 11.5. The molecule has 0 aromatic heterocycles. The van der Waals surface area contributed by atoms with E-state index in [-0.39, 0.29) is 5.82 Å². The number of aryl methyl sites for hydroxylation is 1. The molecule has 0 atom stereocenters. The lowest BCUT2D eigenvalue weighted by Gasteiger charge is -2.09. The Morgan fingerprint density at radius 3 is 2.72 bits per heavy atom. The molecule has 0 bridgehead atoms. The Hall–Kier alpha value is -1.09. The van der Waals surface area contributed by atoms with Crippen LogP contribution in [0.15, 0.2) is 18.2 Å². The number of rotatable bonds is 9. The number of halogens is 1. The quantitative estimate of drug-likeness (QED) is 0.678. The molecule has 1 aromatic carbocycles. The Morgan fingerprint density at radius 1 is 1.17 bits per heavy atom. The highest BCUT2D eigenvalue weighted by atomic mass is 19.1. The molecule has 102 valence electrons. The van der Waals surface area contributed by atoms with Gasteiger partial charge in [-0.2, -0.15) is 0 Å². The molecule has 1 aromatic rings. The first-order valence-corrected chi connectivity index (χ1v) is 6.83. The molecule has 18 heavy (non-hydrogen) atoms. The first-order valence-electron chi connectivity index (χ1n) is 6.83. The van der Waals surface area contributed by atoms with E-state index in [1.54, 1.807) is 6.07 Å². The third-order valence-electron chi connectivity index (χ3n) is 2.82. The van der Waals surface area contributed by atoms with Crippen molar-refractivity contribution >= 4 is 0 Å². The lowest BCUT2D eigenvalue weighted by atomic mass is 10.2. The largest absolute Gasteiger partial charge is 0.493 e. The molecule has 3 heteroatoms. The van der Waals surface area contributed by atoms with Gasteiger partial charge in [0.1, 0.15) is 11.6 Å². The van der Waals surface area contributed by atoms with Gasteiger partial charge in [0.15, 0.2) is 0 Å². The van der Waals surface area contributed by atoms with Gasteiger partial charge in [-0.05, 0) is 69.5 Å². The minimum Gasteiger partial charge on any atom is -0.493 e. The monoisotopic (exact) mass is 253 g/mol. The van der Waals surface area contributed by atoms with Crippen LogP contribution >= 0.6 is 0 Å². The van der Waals surface area contributed by atoms with Crippen LogP contribution in [0.5, 0.6) is 5.75 Å². The SMILES string of the molecule is CCCNCCCCCOc1ccc(F)cc1C. The summed E-state index contributed by atoms with van der Waals surface area (Å²) in [6.45, 7) is 6.94. The van der Waals surface area contributed by atoms with Gasteiger partial charge >= 0.3 is 0 Å². The minimum atomic E-state index is -0.207. The Kier molecular flexibility index (Phi) is 7.42. The summed E-state index contributed by atoms with van der Waals surface area (Å²) in [7, 11) is 0. The second kappa shape index (κ2) is 8.92. The van der Waals surface area contributed by atoms with E-state index in [0.717, 1.165) is 37.2 Å². The third kappa shape index (κ3) is 6.01. The maximum Gasteiger partial charge on any atom is 0.123 e. The highest BCUT2D eigenvalue weighted by molar-refractivity contribution is 5.32. The first kappa shape index (κ1) is 15.0. The number of hydrogen-bond acceptors (Lipinski definition) is 2. The lowest BCUT2D eigenvalue weighted by Crippen LogP contribution is -2.15. The average Bonchev–Trinajstić information content (AvgIpc) is 2.35. The van der Waals surface area contributed by atoms with Crippen LogP contribution < -0.4 is 10.1 Å².